The SMILES string of the molecule is CC(=O)O[C@H]1O[C@H](CO[Si](c2ccccc2)(c2ccccc2)C(C)(C)C)C[C@@H]1F. The number of carbonyl (C=O) groups is 1. The van der Waals surface area contributed by atoms with Crippen molar-refractivity contribution in [3.63, 3.8) is 0 Å². The van der Waals surface area contributed by atoms with Crippen molar-refractivity contribution in [1.29, 1.82) is 0 Å². The Labute approximate surface area is 173 Å². The Morgan fingerprint density at radius 2 is 1.59 bits per heavy atom. The molecule has 6 heteroatoms. The van der Waals surface area contributed by atoms with Crippen LogP contribution in [0.4, 0.5) is 4.39 Å². The maximum absolute atomic E-state index is 14.3. The van der Waals surface area contributed by atoms with Crippen LogP contribution in [0.25, 0.3) is 0 Å². The van der Waals surface area contributed by atoms with Gasteiger partial charge >= 0.3 is 5.97 Å². The molecule has 1 fully saturated rings. The van der Waals surface area contributed by atoms with E-state index in [2.05, 4.69) is 45.0 Å². The van der Waals surface area contributed by atoms with Crippen molar-refractivity contribution in [1.82, 2.24) is 0 Å². The van der Waals surface area contributed by atoms with Crippen LogP contribution >= 0.6 is 0 Å². The fraction of sp³-hybridized carbons (Fsp3) is 0.435. The molecule has 1 heterocycles. The van der Waals surface area contributed by atoms with Crippen molar-refractivity contribution in [3.05, 3.63) is 60.7 Å². The van der Waals surface area contributed by atoms with E-state index in [1.807, 2.05) is 36.4 Å². The molecule has 4 nitrogen and oxygen atoms in total. The summed E-state index contributed by atoms with van der Waals surface area (Å²) in [6, 6.07) is 20.5. The molecule has 0 bridgehead atoms. The Hall–Kier alpha value is -2.02. The summed E-state index contributed by atoms with van der Waals surface area (Å²) in [5.74, 6) is -0.550. The number of carbonyl (C=O) groups excluding carboxylic acids is 1. The van der Waals surface area contributed by atoms with Gasteiger partial charge in [-0.2, -0.15) is 0 Å². The van der Waals surface area contributed by atoms with E-state index in [9.17, 15) is 9.18 Å². The quantitative estimate of drug-likeness (QED) is 0.533. The van der Waals surface area contributed by atoms with E-state index in [1.165, 1.54) is 6.92 Å². The normalized spacial score (nSPS) is 22.4. The van der Waals surface area contributed by atoms with Crippen molar-refractivity contribution >= 4 is 24.7 Å². The molecule has 3 rings (SSSR count). The lowest BCUT2D eigenvalue weighted by atomic mass is 10.2. The Bertz CT molecular complexity index is 767. The van der Waals surface area contributed by atoms with E-state index in [0.717, 1.165) is 10.4 Å². The van der Waals surface area contributed by atoms with Crippen LogP contribution < -0.4 is 10.4 Å². The summed E-state index contributed by atoms with van der Waals surface area (Å²) in [5, 5.41) is 2.15. The van der Waals surface area contributed by atoms with Gasteiger partial charge in [-0.25, -0.2) is 4.39 Å². The molecule has 0 unspecified atom stereocenters. The second kappa shape index (κ2) is 8.77. The fourth-order valence-corrected chi connectivity index (χ4v) is 8.64. The summed E-state index contributed by atoms with van der Waals surface area (Å²) in [5.41, 5.74) is 0. The Morgan fingerprint density at radius 3 is 2.03 bits per heavy atom. The largest absolute Gasteiger partial charge is 0.433 e. The van der Waals surface area contributed by atoms with Gasteiger partial charge in [0.15, 0.2) is 6.17 Å². The highest BCUT2D eigenvalue weighted by molar-refractivity contribution is 6.99. The summed E-state index contributed by atoms with van der Waals surface area (Å²) in [6.07, 6.45) is -2.81. The van der Waals surface area contributed by atoms with Crippen LogP contribution in [0.1, 0.15) is 34.1 Å². The van der Waals surface area contributed by atoms with Crippen molar-refractivity contribution < 1.29 is 23.1 Å². The lowest BCUT2D eigenvalue weighted by Gasteiger charge is -2.43. The second-order valence-corrected chi connectivity index (χ2v) is 12.8. The van der Waals surface area contributed by atoms with Crippen LogP contribution in [0, 0.1) is 0 Å². The topological polar surface area (TPSA) is 44.8 Å². The Kier molecular flexibility index (Phi) is 6.56. The zero-order valence-electron chi connectivity index (χ0n) is 17.4. The molecule has 0 amide bonds. The molecule has 0 aromatic heterocycles. The summed E-state index contributed by atoms with van der Waals surface area (Å²) in [4.78, 5) is 11.2. The van der Waals surface area contributed by atoms with E-state index < -0.39 is 32.9 Å². The summed E-state index contributed by atoms with van der Waals surface area (Å²) in [6.45, 7) is 8.06. The van der Waals surface area contributed by atoms with Gasteiger partial charge in [-0.3, -0.25) is 4.79 Å². The van der Waals surface area contributed by atoms with Gasteiger partial charge in [-0.15, -0.1) is 0 Å². The third kappa shape index (κ3) is 4.60. The minimum Gasteiger partial charge on any atom is -0.433 e. The molecule has 3 atom stereocenters. The highest BCUT2D eigenvalue weighted by atomic mass is 28.4. The van der Waals surface area contributed by atoms with Gasteiger partial charge in [0, 0.05) is 13.3 Å². The van der Waals surface area contributed by atoms with Crippen molar-refractivity contribution in [2.45, 2.75) is 57.7 Å². The molecule has 2 aromatic rings. The Morgan fingerprint density at radius 1 is 1.07 bits per heavy atom. The smallest absolute Gasteiger partial charge is 0.305 e. The predicted molar refractivity (Wildman–Crippen MR) is 114 cm³/mol. The first-order chi connectivity index (χ1) is 13.7. The van der Waals surface area contributed by atoms with E-state index in [-0.39, 0.29) is 18.1 Å². The van der Waals surface area contributed by atoms with Crippen LogP contribution in [0.15, 0.2) is 60.7 Å². The lowest BCUT2D eigenvalue weighted by Crippen LogP contribution is -2.67. The average molecular weight is 417 g/mol. The van der Waals surface area contributed by atoms with Crippen molar-refractivity contribution in [2.75, 3.05) is 6.61 Å². The zero-order chi connectivity index (χ0) is 21.1. The van der Waals surface area contributed by atoms with Crippen LogP contribution in [0.3, 0.4) is 0 Å². The molecule has 156 valence electrons. The number of hydrogen-bond acceptors (Lipinski definition) is 4. The molecular weight excluding hydrogens is 387 g/mol. The predicted octanol–water partition coefficient (Wildman–Crippen LogP) is 3.58. The summed E-state index contributed by atoms with van der Waals surface area (Å²) < 4.78 is 31.6. The van der Waals surface area contributed by atoms with E-state index in [4.69, 9.17) is 13.9 Å². The average Bonchev–Trinajstić information content (AvgIpc) is 3.01. The molecule has 29 heavy (non-hydrogen) atoms. The van der Waals surface area contributed by atoms with Crippen molar-refractivity contribution in [2.24, 2.45) is 0 Å². The van der Waals surface area contributed by atoms with E-state index in [0.29, 0.717) is 0 Å². The van der Waals surface area contributed by atoms with Crippen molar-refractivity contribution in [3.8, 4) is 0 Å². The first-order valence-electron chi connectivity index (χ1n) is 9.96. The zero-order valence-corrected chi connectivity index (χ0v) is 18.4. The van der Waals surface area contributed by atoms with Gasteiger partial charge < -0.3 is 13.9 Å². The van der Waals surface area contributed by atoms with Gasteiger partial charge in [-0.1, -0.05) is 81.4 Å². The van der Waals surface area contributed by atoms with Gasteiger partial charge in [0.05, 0.1) is 12.7 Å². The van der Waals surface area contributed by atoms with Gasteiger partial charge in [-0.05, 0) is 15.4 Å². The maximum atomic E-state index is 14.3. The molecule has 0 aliphatic carbocycles. The van der Waals surface area contributed by atoms with Crippen LogP contribution in [0.2, 0.25) is 5.04 Å². The molecule has 0 radical (unpaired) electrons. The molecule has 1 aliphatic rings. The van der Waals surface area contributed by atoms with E-state index in [1.54, 1.807) is 0 Å². The lowest BCUT2D eigenvalue weighted by molar-refractivity contribution is -0.181. The molecule has 1 aliphatic heterocycles. The van der Waals surface area contributed by atoms with Gasteiger partial charge in [0.25, 0.3) is 8.32 Å². The van der Waals surface area contributed by atoms with Crippen LogP contribution in [0.5, 0.6) is 0 Å². The molecule has 0 spiro atoms. The van der Waals surface area contributed by atoms with Gasteiger partial charge in [0.2, 0.25) is 6.29 Å². The third-order valence-corrected chi connectivity index (χ3v) is 10.3. The minimum atomic E-state index is -2.70. The first-order valence-corrected chi connectivity index (χ1v) is 11.9. The number of benzene rings is 2. The highest BCUT2D eigenvalue weighted by Gasteiger charge is 2.51. The van der Waals surface area contributed by atoms with E-state index >= 15 is 0 Å². The standard InChI is InChI=1S/C23H29FO4Si/c1-17(25)27-22-21(24)15-18(28-22)16-26-29(23(2,3)4,19-11-7-5-8-12-19)20-13-9-6-10-14-20/h5-14,18,21-22H,15-16H2,1-4H3/t18-,21-,22-/m0/s1. The Balaban J connectivity index is 1.92. The number of rotatable bonds is 6. The molecule has 0 N–H and O–H groups in total. The minimum absolute atomic E-state index is 0.149. The number of ether oxygens (including phenoxy) is 2. The van der Waals surface area contributed by atoms with Crippen LogP contribution in [-0.4, -0.2) is 39.5 Å². The molecule has 2 aromatic carbocycles. The van der Waals surface area contributed by atoms with Crippen LogP contribution in [-0.2, 0) is 18.7 Å². The highest BCUT2D eigenvalue weighted by Crippen LogP contribution is 2.37. The number of halogens is 1. The summed E-state index contributed by atoms with van der Waals surface area (Å²) in [7, 11) is -2.70. The molecule has 0 saturated carbocycles. The fourth-order valence-electron chi connectivity index (χ4n) is 4.04. The number of hydrogen-bond donors (Lipinski definition) is 0. The second-order valence-electron chi connectivity index (χ2n) is 8.46. The summed E-state index contributed by atoms with van der Waals surface area (Å²) >= 11 is 0. The molecular formula is C23H29FO4Si. The third-order valence-electron chi connectivity index (χ3n) is 5.29. The monoisotopic (exact) mass is 416 g/mol. The number of alkyl halides is 1. The number of esters is 1. The maximum Gasteiger partial charge on any atom is 0.305 e. The first kappa shape index (κ1) is 21.7. The molecule has 1 saturated heterocycles. The van der Waals surface area contributed by atoms with Gasteiger partial charge in [0.1, 0.15) is 0 Å².